The lowest BCUT2D eigenvalue weighted by Crippen LogP contribution is -2.23. The van der Waals surface area contributed by atoms with Gasteiger partial charge in [-0.2, -0.15) is 5.10 Å². The number of rotatable bonds is 5. The highest BCUT2D eigenvalue weighted by molar-refractivity contribution is 6.04. The number of carbonyl (C=O) groups is 1. The lowest BCUT2D eigenvalue weighted by Gasteiger charge is -2.04. The Morgan fingerprint density at radius 1 is 0.967 bits per heavy atom. The van der Waals surface area contributed by atoms with Gasteiger partial charge in [-0.1, -0.05) is 48.5 Å². The van der Waals surface area contributed by atoms with Gasteiger partial charge in [0.1, 0.15) is 0 Å². The van der Waals surface area contributed by atoms with Gasteiger partial charge < -0.3 is 0 Å². The van der Waals surface area contributed by atoms with Crippen LogP contribution in [0, 0.1) is 0 Å². The molecular weight excluding hydrogens is 378 g/mol. The molecule has 1 amide bonds. The normalized spacial score (nSPS) is 11.3. The quantitative estimate of drug-likeness (QED) is 0.399. The molecule has 0 aliphatic heterocycles. The first kappa shape index (κ1) is 19.1. The first-order chi connectivity index (χ1) is 14.6. The van der Waals surface area contributed by atoms with Crippen LogP contribution in [0.25, 0.3) is 16.9 Å². The Labute approximate surface area is 172 Å². The zero-order chi connectivity index (χ0) is 20.9. The van der Waals surface area contributed by atoms with E-state index < -0.39 is 0 Å². The molecule has 7 heteroatoms. The second-order valence-corrected chi connectivity index (χ2v) is 6.58. The van der Waals surface area contributed by atoms with Crippen LogP contribution in [-0.4, -0.2) is 26.4 Å². The summed E-state index contributed by atoms with van der Waals surface area (Å²) in [5.41, 5.74) is 5.65. The van der Waals surface area contributed by atoms with Gasteiger partial charge in [0.05, 0.1) is 22.7 Å². The minimum absolute atomic E-state index is 0.250. The van der Waals surface area contributed by atoms with Crippen molar-refractivity contribution in [3.05, 3.63) is 107 Å². The van der Waals surface area contributed by atoms with Crippen LogP contribution < -0.4 is 11.0 Å². The number of nitrogens with zero attached hydrogens (tertiary/aromatic N) is 3. The molecule has 2 heterocycles. The molecule has 0 aliphatic carbocycles. The molecule has 4 rings (SSSR count). The molecule has 148 valence electrons. The van der Waals surface area contributed by atoms with Crippen LogP contribution in [-0.2, 0) is 0 Å². The highest BCUT2D eigenvalue weighted by atomic mass is 16.2. The number of aromatic amines is 1. The van der Waals surface area contributed by atoms with Gasteiger partial charge in [0.2, 0.25) is 0 Å². The Kier molecular flexibility index (Phi) is 5.34. The smallest absolute Gasteiger partial charge is 0.281 e. The van der Waals surface area contributed by atoms with E-state index >= 15 is 0 Å². The Morgan fingerprint density at radius 3 is 2.27 bits per heavy atom. The molecule has 4 aromatic rings. The summed E-state index contributed by atoms with van der Waals surface area (Å²) in [5, 5.41) is 7.37. The van der Waals surface area contributed by atoms with Gasteiger partial charge in [0.15, 0.2) is 0 Å². The zero-order valence-corrected chi connectivity index (χ0v) is 16.2. The maximum Gasteiger partial charge on any atom is 0.281 e. The number of amides is 1. The number of para-hydroxylation sites is 1. The minimum atomic E-state index is -0.378. The third kappa shape index (κ3) is 3.81. The van der Waals surface area contributed by atoms with Crippen molar-refractivity contribution in [1.82, 2.24) is 20.2 Å². The van der Waals surface area contributed by atoms with Crippen LogP contribution in [0.1, 0.15) is 22.8 Å². The summed E-state index contributed by atoms with van der Waals surface area (Å²) in [6, 6.07) is 22.0. The summed E-state index contributed by atoms with van der Waals surface area (Å²) in [6.07, 6.45) is 3.06. The van der Waals surface area contributed by atoms with Crippen LogP contribution in [0.2, 0.25) is 0 Å². The van der Waals surface area contributed by atoms with E-state index in [1.807, 2.05) is 60.7 Å². The second kappa shape index (κ2) is 8.40. The van der Waals surface area contributed by atoms with E-state index in [1.54, 1.807) is 19.1 Å². The van der Waals surface area contributed by atoms with Crippen molar-refractivity contribution in [1.29, 1.82) is 0 Å². The number of hydrazone groups is 1. The van der Waals surface area contributed by atoms with Gasteiger partial charge in [-0.3, -0.25) is 19.7 Å². The van der Waals surface area contributed by atoms with E-state index in [-0.39, 0.29) is 11.5 Å². The number of pyridine rings is 1. The van der Waals surface area contributed by atoms with Crippen LogP contribution in [0.5, 0.6) is 0 Å². The number of hydrogen-bond donors (Lipinski definition) is 2. The fourth-order valence-electron chi connectivity index (χ4n) is 3.10. The number of aromatic nitrogens is 3. The second-order valence-electron chi connectivity index (χ2n) is 6.58. The molecule has 0 radical (unpaired) electrons. The molecule has 30 heavy (non-hydrogen) atoms. The number of benzene rings is 2. The predicted molar refractivity (Wildman–Crippen MR) is 116 cm³/mol. The van der Waals surface area contributed by atoms with Gasteiger partial charge >= 0.3 is 0 Å². The largest absolute Gasteiger partial charge is 0.290 e. The number of H-pyrrole nitrogens is 1. The van der Waals surface area contributed by atoms with E-state index in [0.717, 1.165) is 5.56 Å². The number of carbonyl (C=O) groups excluding carboxylic acids is 1. The number of hydrogen-bond acceptors (Lipinski definition) is 4. The molecule has 0 spiro atoms. The Bertz CT molecular complexity index is 1240. The van der Waals surface area contributed by atoms with Crippen molar-refractivity contribution < 1.29 is 4.79 Å². The lowest BCUT2D eigenvalue weighted by molar-refractivity contribution is 0.0954. The molecule has 0 fully saturated rings. The Morgan fingerprint density at radius 2 is 1.60 bits per heavy atom. The maximum absolute atomic E-state index is 13.2. The van der Waals surface area contributed by atoms with Crippen molar-refractivity contribution in [3.8, 4) is 16.9 Å². The molecule has 0 unspecified atom stereocenters. The fourth-order valence-corrected chi connectivity index (χ4v) is 3.10. The average molecular weight is 397 g/mol. The van der Waals surface area contributed by atoms with Crippen LogP contribution >= 0.6 is 0 Å². The van der Waals surface area contributed by atoms with E-state index in [2.05, 4.69) is 20.6 Å². The molecule has 2 aromatic heterocycles. The number of nitrogens with one attached hydrogen (secondary N) is 2. The maximum atomic E-state index is 13.2. The third-order valence-electron chi connectivity index (χ3n) is 4.60. The average Bonchev–Trinajstić information content (AvgIpc) is 3.16. The third-order valence-corrected chi connectivity index (χ3v) is 4.60. The highest BCUT2D eigenvalue weighted by Gasteiger charge is 2.19. The van der Waals surface area contributed by atoms with Gasteiger partial charge in [-0.15, -0.1) is 0 Å². The fraction of sp³-hybridized carbons (Fsp3) is 0.0435. The van der Waals surface area contributed by atoms with E-state index in [4.69, 9.17) is 0 Å². The zero-order valence-electron chi connectivity index (χ0n) is 16.2. The minimum Gasteiger partial charge on any atom is -0.290 e. The van der Waals surface area contributed by atoms with E-state index in [9.17, 15) is 9.59 Å². The summed E-state index contributed by atoms with van der Waals surface area (Å²) >= 11 is 0. The highest BCUT2D eigenvalue weighted by Crippen LogP contribution is 2.21. The van der Waals surface area contributed by atoms with Gasteiger partial charge in [-0.05, 0) is 31.2 Å². The van der Waals surface area contributed by atoms with Crippen molar-refractivity contribution in [2.75, 3.05) is 0 Å². The van der Waals surface area contributed by atoms with E-state index in [1.165, 1.54) is 17.1 Å². The van der Waals surface area contributed by atoms with Crippen molar-refractivity contribution in [2.45, 2.75) is 6.92 Å². The van der Waals surface area contributed by atoms with Gasteiger partial charge in [-0.25, -0.2) is 10.1 Å². The first-order valence-electron chi connectivity index (χ1n) is 9.36. The molecule has 0 atom stereocenters. The standard InChI is InChI=1S/C23H19N5O2/c1-16(25-26-22(29)18-12-14-24-15-13-18)20-21(17-8-4-2-5-9-17)27-28(23(20)30)19-10-6-3-7-11-19/h2-15,27H,1H3,(H,26,29). The molecule has 0 bridgehead atoms. The van der Waals surface area contributed by atoms with Crippen LogP contribution in [0.15, 0.2) is 95.1 Å². The Balaban J connectivity index is 1.77. The monoisotopic (exact) mass is 397 g/mol. The summed E-state index contributed by atoms with van der Waals surface area (Å²) in [5.74, 6) is -0.378. The van der Waals surface area contributed by atoms with Crippen molar-refractivity contribution >= 4 is 11.6 Å². The molecule has 2 aromatic carbocycles. The van der Waals surface area contributed by atoms with Crippen LogP contribution in [0.3, 0.4) is 0 Å². The molecule has 2 N–H and O–H groups in total. The topological polar surface area (TPSA) is 92.1 Å². The van der Waals surface area contributed by atoms with Crippen molar-refractivity contribution in [3.63, 3.8) is 0 Å². The Hall–Kier alpha value is -4.26. The SMILES string of the molecule is CC(=NNC(=O)c1ccncc1)c1c(-c2ccccc2)[nH]n(-c2ccccc2)c1=O. The molecule has 0 saturated carbocycles. The molecular formula is C23H19N5O2. The van der Waals surface area contributed by atoms with E-state index in [0.29, 0.717) is 28.2 Å². The van der Waals surface area contributed by atoms with Crippen LogP contribution in [0.4, 0.5) is 0 Å². The summed E-state index contributed by atoms with van der Waals surface area (Å²) in [6.45, 7) is 1.69. The predicted octanol–water partition coefficient (Wildman–Crippen LogP) is 3.38. The van der Waals surface area contributed by atoms with Crippen molar-refractivity contribution in [2.24, 2.45) is 5.10 Å². The lowest BCUT2D eigenvalue weighted by atomic mass is 10.1. The summed E-state index contributed by atoms with van der Waals surface area (Å²) < 4.78 is 1.47. The summed E-state index contributed by atoms with van der Waals surface area (Å²) in [4.78, 5) is 29.5. The molecule has 0 saturated heterocycles. The van der Waals surface area contributed by atoms with Gasteiger partial charge in [0.25, 0.3) is 11.5 Å². The summed E-state index contributed by atoms with van der Waals surface area (Å²) in [7, 11) is 0. The van der Waals surface area contributed by atoms with Gasteiger partial charge in [0, 0.05) is 23.5 Å². The first-order valence-corrected chi connectivity index (χ1v) is 9.36. The molecule has 0 aliphatic rings. The molecule has 7 nitrogen and oxygen atoms in total.